The van der Waals surface area contributed by atoms with Crippen LogP contribution in [0.4, 0.5) is 18.9 Å². The van der Waals surface area contributed by atoms with E-state index in [-0.39, 0.29) is 10.7 Å². The fourth-order valence-corrected chi connectivity index (χ4v) is 1.90. The van der Waals surface area contributed by atoms with Crippen molar-refractivity contribution in [2.45, 2.75) is 0 Å². The number of carbonyl (C=O) groups excluding carboxylic acids is 1. The Kier molecular flexibility index (Phi) is 3.99. The van der Waals surface area contributed by atoms with Crippen molar-refractivity contribution in [1.82, 2.24) is 0 Å². The van der Waals surface area contributed by atoms with Crippen LogP contribution in [-0.2, 0) is 0 Å². The van der Waals surface area contributed by atoms with Crippen LogP contribution in [0.5, 0.6) is 0 Å². The van der Waals surface area contributed by atoms with Crippen molar-refractivity contribution in [2.75, 3.05) is 11.9 Å². The van der Waals surface area contributed by atoms with Crippen molar-refractivity contribution in [1.29, 1.82) is 0 Å². The Balaban J connectivity index is 2.46. The van der Waals surface area contributed by atoms with Gasteiger partial charge in [-0.05, 0) is 24.3 Å². The number of hydrogen-bond acceptors (Lipinski definition) is 1. The van der Waals surface area contributed by atoms with Gasteiger partial charge in [0.05, 0.1) is 10.7 Å². The van der Waals surface area contributed by atoms with Gasteiger partial charge in [0.2, 0.25) is 0 Å². The number of halogens is 4. The third-order valence-electron chi connectivity index (χ3n) is 2.77. The molecule has 0 N–H and O–H groups in total. The highest BCUT2D eigenvalue weighted by molar-refractivity contribution is 6.31. The van der Waals surface area contributed by atoms with Crippen LogP contribution in [-0.4, -0.2) is 13.0 Å². The molecule has 2 rings (SSSR count). The number of nitrogens with zero attached hydrogens (tertiary/aromatic N) is 1. The number of carbonyl (C=O) groups is 1. The van der Waals surface area contributed by atoms with Gasteiger partial charge >= 0.3 is 0 Å². The van der Waals surface area contributed by atoms with Gasteiger partial charge in [-0.15, -0.1) is 0 Å². The molecule has 0 unspecified atom stereocenters. The Morgan fingerprint density at radius 3 is 2.20 bits per heavy atom. The first-order chi connectivity index (χ1) is 9.43. The normalized spacial score (nSPS) is 10.4. The highest BCUT2D eigenvalue weighted by Gasteiger charge is 2.23. The zero-order chi connectivity index (χ0) is 14.9. The predicted molar refractivity (Wildman–Crippen MR) is 70.5 cm³/mol. The minimum Gasteiger partial charge on any atom is -0.308 e. The van der Waals surface area contributed by atoms with Crippen molar-refractivity contribution in [3.63, 3.8) is 0 Å². The van der Waals surface area contributed by atoms with Crippen LogP contribution >= 0.6 is 11.6 Å². The third kappa shape index (κ3) is 2.49. The second kappa shape index (κ2) is 5.54. The fraction of sp³-hybridized carbons (Fsp3) is 0.0714. The van der Waals surface area contributed by atoms with E-state index in [1.54, 1.807) is 0 Å². The topological polar surface area (TPSA) is 20.3 Å². The molecule has 0 saturated heterocycles. The van der Waals surface area contributed by atoms with Gasteiger partial charge in [-0.3, -0.25) is 4.79 Å². The Morgan fingerprint density at radius 1 is 1.05 bits per heavy atom. The van der Waals surface area contributed by atoms with Crippen LogP contribution in [0.15, 0.2) is 36.4 Å². The Bertz CT molecular complexity index is 655. The second-order valence-corrected chi connectivity index (χ2v) is 4.44. The zero-order valence-electron chi connectivity index (χ0n) is 10.3. The smallest absolute Gasteiger partial charge is 0.264 e. The average Bonchev–Trinajstić information content (AvgIpc) is 2.41. The molecular weight excluding hydrogens is 291 g/mol. The van der Waals surface area contributed by atoms with E-state index in [0.29, 0.717) is 0 Å². The molecule has 1 amide bonds. The number of rotatable bonds is 2. The molecule has 0 fully saturated rings. The minimum atomic E-state index is -1.01. The summed E-state index contributed by atoms with van der Waals surface area (Å²) in [6.07, 6.45) is 0. The molecule has 0 spiro atoms. The van der Waals surface area contributed by atoms with Gasteiger partial charge in [-0.25, -0.2) is 13.2 Å². The maximum Gasteiger partial charge on any atom is 0.264 e. The van der Waals surface area contributed by atoms with Crippen molar-refractivity contribution >= 4 is 23.2 Å². The summed E-state index contributed by atoms with van der Waals surface area (Å²) < 4.78 is 40.9. The number of hydrogen-bond donors (Lipinski definition) is 0. The van der Waals surface area contributed by atoms with Gasteiger partial charge in [-0.2, -0.15) is 0 Å². The quantitative estimate of drug-likeness (QED) is 0.820. The van der Waals surface area contributed by atoms with Crippen molar-refractivity contribution in [3.8, 4) is 0 Å². The molecule has 0 aromatic heterocycles. The van der Waals surface area contributed by atoms with E-state index in [4.69, 9.17) is 11.6 Å². The van der Waals surface area contributed by atoms with E-state index in [0.717, 1.165) is 23.1 Å². The summed E-state index contributed by atoms with van der Waals surface area (Å²) in [5, 5.41) is -0.184. The standard InChI is InChI=1S/C14H9ClF3NO/c1-19(11-7-2-4-8(15)13(11)18)14(20)12-9(16)5-3-6-10(12)17/h2-7H,1H3. The van der Waals surface area contributed by atoms with Crippen molar-refractivity contribution in [2.24, 2.45) is 0 Å². The molecule has 0 radical (unpaired) electrons. The minimum absolute atomic E-state index is 0.162. The molecule has 0 aliphatic rings. The van der Waals surface area contributed by atoms with Crippen LogP contribution in [0, 0.1) is 17.5 Å². The summed E-state index contributed by atoms with van der Waals surface area (Å²) in [6, 6.07) is 7.08. The highest BCUT2D eigenvalue weighted by Crippen LogP contribution is 2.26. The first-order valence-corrected chi connectivity index (χ1v) is 5.97. The molecule has 2 aromatic rings. The number of amides is 1. The van der Waals surface area contributed by atoms with Gasteiger partial charge in [0.25, 0.3) is 5.91 Å². The molecular formula is C14H9ClF3NO. The van der Waals surface area contributed by atoms with Crippen LogP contribution in [0.3, 0.4) is 0 Å². The lowest BCUT2D eigenvalue weighted by molar-refractivity contribution is 0.0984. The lowest BCUT2D eigenvalue weighted by Crippen LogP contribution is -2.29. The van der Waals surface area contributed by atoms with E-state index < -0.39 is 28.9 Å². The first kappa shape index (κ1) is 14.4. The molecule has 2 nitrogen and oxygen atoms in total. The lowest BCUT2D eigenvalue weighted by Gasteiger charge is -2.19. The monoisotopic (exact) mass is 299 g/mol. The van der Waals surface area contributed by atoms with Gasteiger partial charge in [0.1, 0.15) is 17.2 Å². The van der Waals surface area contributed by atoms with Crippen LogP contribution in [0.1, 0.15) is 10.4 Å². The van der Waals surface area contributed by atoms with E-state index in [1.807, 2.05) is 0 Å². The second-order valence-electron chi connectivity index (χ2n) is 4.03. The number of anilines is 1. The number of benzene rings is 2. The van der Waals surface area contributed by atoms with E-state index >= 15 is 0 Å². The maximum atomic E-state index is 13.8. The molecule has 0 aliphatic carbocycles. The van der Waals surface area contributed by atoms with Gasteiger partial charge in [-0.1, -0.05) is 23.7 Å². The first-order valence-electron chi connectivity index (χ1n) is 5.59. The Labute approximate surface area is 118 Å². The van der Waals surface area contributed by atoms with Crippen molar-refractivity contribution in [3.05, 3.63) is 64.4 Å². The summed E-state index contributed by atoms with van der Waals surface area (Å²) in [5.74, 6) is -3.85. The molecule has 0 heterocycles. The van der Waals surface area contributed by atoms with E-state index in [9.17, 15) is 18.0 Å². The molecule has 104 valence electrons. The fourth-order valence-electron chi connectivity index (χ4n) is 1.73. The lowest BCUT2D eigenvalue weighted by atomic mass is 10.1. The summed E-state index contributed by atoms with van der Waals surface area (Å²) in [6.45, 7) is 0. The van der Waals surface area contributed by atoms with Crippen LogP contribution in [0.25, 0.3) is 0 Å². The molecule has 0 atom stereocenters. The van der Waals surface area contributed by atoms with E-state index in [1.165, 1.54) is 25.2 Å². The van der Waals surface area contributed by atoms with E-state index in [2.05, 4.69) is 0 Å². The molecule has 20 heavy (non-hydrogen) atoms. The Hall–Kier alpha value is -2.01. The van der Waals surface area contributed by atoms with Crippen LogP contribution in [0.2, 0.25) is 5.02 Å². The van der Waals surface area contributed by atoms with Gasteiger partial charge in [0, 0.05) is 7.05 Å². The summed E-state index contributed by atoms with van der Waals surface area (Å²) >= 11 is 5.61. The molecule has 0 aliphatic heterocycles. The van der Waals surface area contributed by atoms with Crippen molar-refractivity contribution < 1.29 is 18.0 Å². The van der Waals surface area contributed by atoms with Gasteiger partial charge in [0.15, 0.2) is 5.82 Å². The highest BCUT2D eigenvalue weighted by atomic mass is 35.5. The summed E-state index contributed by atoms with van der Waals surface area (Å²) in [4.78, 5) is 12.9. The summed E-state index contributed by atoms with van der Waals surface area (Å²) in [5.41, 5.74) is -0.903. The predicted octanol–water partition coefficient (Wildman–Crippen LogP) is 4.03. The SMILES string of the molecule is CN(C(=O)c1c(F)cccc1F)c1cccc(Cl)c1F. The maximum absolute atomic E-state index is 13.8. The Morgan fingerprint density at radius 2 is 1.60 bits per heavy atom. The van der Waals surface area contributed by atoms with Gasteiger partial charge < -0.3 is 4.90 Å². The largest absolute Gasteiger partial charge is 0.308 e. The molecule has 2 aromatic carbocycles. The van der Waals surface area contributed by atoms with Crippen LogP contribution < -0.4 is 4.90 Å². The average molecular weight is 300 g/mol. The summed E-state index contributed by atoms with van der Waals surface area (Å²) in [7, 11) is 1.21. The third-order valence-corrected chi connectivity index (χ3v) is 3.07. The zero-order valence-corrected chi connectivity index (χ0v) is 11.1. The molecule has 6 heteroatoms. The molecule has 0 bridgehead atoms. The molecule has 0 saturated carbocycles.